The summed E-state index contributed by atoms with van der Waals surface area (Å²) in [5, 5.41) is 3.12. The molecule has 4 nitrogen and oxygen atoms in total. The maximum absolute atomic E-state index is 12.1. The van der Waals surface area contributed by atoms with Crippen LogP contribution >= 0.6 is 11.3 Å². The van der Waals surface area contributed by atoms with Gasteiger partial charge in [-0.25, -0.2) is 4.98 Å². The van der Waals surface area contributed by atoms with Gasteiger partial charge in [-0.2, -0.15) is 0 Å². The number of amides is 1. The molecule has 1 atom stereocenters. The first kappa shape index (κ1) is 12.4. The first-order valence-corrected chi connectivity index (χ1v) is 7.33. The number of imidazole rings is 1. The molecular weight excluding hydrogens is 258 g/mol. The summed E-state index contributed by atoms with van der Waals surface area (Å²) in [6.07, 6.45) is 3.96. The lowest BCUT2D eigenvalue weighted by Gasteiger charge is -2.24. The zero-order chi connectivity index (χ0) is 13.4. The quantitative estimate of drug-likeness (QED) is 0.914. The van der Waals surface area contributed by atoms with Gasteiger partial charge in [-0.1, -0.05) is 0 Å². The monoisotopic (exact) mass is 275 g/mol. The SMILES string of the molecule is Cc1cn2c(n1)CCC(NC(=O)c1ccc(C)s1)C2. The van der Waals surface area contributed by atoms with Crippen molar-refractivity contribution in [3.8, 4) is 0 Å². The van der Waals surface area contributed by atoms with Crippen molar-refractivity contribution >= 4 is 17.2 Å². The van der Waals surface area contributed by atoms with Crippen LogP contribution in [0.25, 0.3) is 0 Å². The number of hydrogen-bond acceptors (Lipinski definition) is 3. The van der Waals surface area contributed by atoms with E-state index in [9.17, 15) is 4.79 Å². The highest BCUT2D eigenvalue weighted by molar-refractivity contribution is 7.13. The molecular formula is C14H17N3OS. The van der Waals surface area contributed by atoms with Crippen molar-refractivity contribution in [1.29, 1.82) is 0 Å². The number of fused-ring (bicyclic) bond motifs is 1. The van der Waals surface area contributed by atoms with Gasteiger partial charge in [0.25, 0.3) is 5.91 Å². The summed E-state index contributed by atoms with van der Waals surface area (Å²) < 4.78 is 2.16. The van der Waals surface area contributed by atoms with Gasteiger partial charge < -0.3 is 9.88 Å². The van der Waals surface area contributed by atoms with Crippen LogP contribution in [-0.4, -0.2) is 21.5 Å². The van der Waals surface area contributed by atoms with Gasteiger partial charge in [0.1, 0.15) is 5.82 Å². The Kier molecular flexibility index (Phi) is 3.14. The Morgan fingerprint density at radius 1 is 1.47 bits per heavy atom. The van der Waals surface area contributed by atoms with Crippen LogP contribution in [0.2, 0.25) is 0 Å². The van der Waals surface area contributed by atoms with E-state index in [0.717, 1.165) is 35.8 Å². The van der Waals surface area contributed by atoms with Gasteiger partial charge in [0.15, 0.2) is 0 Å². The third-order valence-corrected chi connectivity index (χ3v) is 4.41. The van der Waals surface area contributed by atoms with E-state index in [-0.39, 0.29) is 11.9 Å². The van der Waals surface area contributed by atoms with E-state index >= 15 is 0 Å². The van der Waals surface area contributed by atoms with E-state index in [1.165, 1.54) is 4.88 Å². The molecule has 5 heteroatoms. The molecule has 1 aliphatic rings. The van der Waals surface area contributed by atoms with E-state index < -0.39 is 0 Å². The highest BCUT2D eigenvalue weighted by atomic mass is 32.1. The molecule has 2 aromatic rings. The zero-order valence-corrected chi connectivity index (χ0v) is 12.0. The fraction of sp³-hybridized carbons (Fsp3) is 0.429. The van der Waals surface area contributed by atoms with Crippen molar-refractivity contribution in [1.82, 2.24) is 14.9 Å². The zero-order valence-electron chi connectivity index (χ0n) is 11.1. The van der Waals surface area contributed by atoms with Crippen molar-refractivity contribution in [3.63, 3.8) is 0 Å². The molecule has 0 radical (unpaired) electrons. The van der Waals surface area contributed by atoms with E-state index in [2.05, 4.69) is 21.1 Å². The van der Waals surface area contributed by atoms with Crippen LogP contribution in [0.15, 0.2) is 18.3 Å². The van der Waals surface area contributed by atoms with Crippen LogP contribution in [0.4, 0.5) is 0 Å². The Bertz CT molecular complexity index is 614. The lowest BCUT2D eigenvalue weighted by atomic mass is 10.1. The second-order valence-electron chi connectivity index (χ2n) is 5.07. The molecule has 1 amide bonds. The summed E-state index contributed by atoms with van der Waals surface area (Å²) in [5.74, 6) is 1.18. The molecule has 0 saturated carbocycles. The van der Waals surface area contributed by atoms with E-state index in [1.807, 2.05) is 26.0 Å². The van der Waals surface area contributed by atoms with Crippen LogP contribution in [0.1, 0.15) is 32.5 Å². The first-order valence-electron chi connectivity index (χ1n) is 6.52. The molecule has 19 heavy (non-hydrogen) atoms. The van der Waals surface area contributed by atoms with Crippen LogP contribution in [0.3, 0.4) is 0 Å². The van der Waals surface area contributed by atoms with Crippen molar-refractivity contribution in [2.24, 2.45) is 0 Å². The van der Waals surface area contributed by atoms with Gasteiger partial charge in [0, 0.05) is 30.1 Å². The van der Waals surface area contributed by atoms with Crippen LogP contribution in [-0.2, 0) is 13.0 Å². The third kappa shape index (κ3) is 2.56. The fourth-order valence-corrected chi connectivity index (χ4v) is 3.29. The second kappa shape index (κ2) is 4.81. The average Bonchev–Trinajstić information content (AvgIpc) is 2.93. The molecule has 1 unspecified atom stereocenters. The summed E-state index contributed by atoms with van der Waals surface area (Å²) in [4.78, 5) is 18.6. The highest BCUT2D eigenvalue weighted by Gasteiger charge is 2.22. The summed E-state index contributed by atoms with van der Waals surface area (Å²) in [6, 6.07) is 4.08. The fourth-order valence-electron chi connectivity index (χ4n) is 2.52. The minimum absolute atomic E-state index is 0.0448. The van der Waals surface area contributed by atoms with Crippen LogP contribution in [0.5, 0.6) is 0 Å². The molecule has 3 heterocycles. The number of nitrogens with zero attached hydrogens (tertiary/aromatic N) is 2. The largest absolute Gasteiger partial charge is 0.347 e. The van der Waals surface area contributed by atoms with Crippen LogP contribution < -0.4 is 5.32 Å². The minimum Gasteiger partial charge on any atom is -0.347 e. The van der Waals surface area contributed by atoms with Gasteiger partial charge in [-0.3, -0.25) is 4.79 Å². The molecule has 0 saturated heterocycles. The molecule has 2 aromatic heterocycles. The van der Waals surface area contributed by atoms with Gasteiger partial charge in [0.05, 0.1) is 10.6 Å². The van der Waals surface area contributed by atoms with Crippen molar-refractivity contribution in [2.75, 3.05) is 0 Å². The van der Waals surface area contributed by atoms with Gasteiger partial charge in [-0.05, 0) is 32.4 Å². The number of nitrogens with one attached hydrogen (secondary N) is 1. The summed E-state index contributed by atoms with van der Waals surface area (Å²) in [6.45, 7) is 4.85. The van der Waals surface area contributed by atoms with Crippen LogP contribution in [0, 0.1) is 13.8 Å². The Labute approximate surface area is 116 Å². The second-order valence-corrected chi connectivity index (χ2v) is 6.36. The number of aryl methyl sites for hydroxylation is 3. The predicted molar refractivity (Wildman–Crippen MR) is 75.6 cm³/mol. The summed E-state index contributed by atoms with van der Waals surface area (Å²) >= 11 is 1.54. The molecule has 100 valence electrons. The Balaban J connectivity index is 1.67. The normalized spacial score (nSPS) is 18.1. The van der Waals surface area contributed by atoms with Crippen molar-refractivity contribution < 1.29 is 4.79 Å². The van der Waals surface area contributed by atoms with Gasteiger partial charge in [-0.15, -0.1) is 11.3 Å². The first-order chi connectivity index (χ1) is 9.11. The Morgan fingerprint density at radius 3 is 3.05 bits per heavy atom. The molecule has 0 aromatic carbocycles. The highest BCUT2D eigenvalue weighted by Crippen LogP contribution is 2.18. The summed E-state index contributed by atoms with van der Waals surface area (Å²) in [7, 11) is 0. The van der Waals surface area contributed by atoms with Gasteiger partial charge in [0.2, 0.25) is 0 Å². The maximum atomic E-state index is 12.1. The van der Waals surface area contributed by atoms with Crippen molar-refractivity contribution in [2.45, 2.75) is 39.3 Å². The Hall–Kier alpha value is -1.62. The number of carbonyl (C=O) groups is 1. The standard InChI is InChI=1S/C14H17N3OS/c1-9-7-17-8-11(4-6-13(17)15-9)16-14(18)12-5-3-10(2)19-12/h3,5,7,11H,4,6,8H2,1-2H3,(H,16,18). The van der Waals surface area contributed by atoms with E-state index in [0.29, 0.717) is 0 Å². The topological polar surface area (TPSA) is 46.9 Å². The lowest BCUT2D eigenvalue weighted by Crippen LogP contribution is -2.40. The number of aromatic nitrogens is 2. The minimum atomic E-state index is 0.0448. The summed E-state index contributed by atoms with van der Waals surface area (Å²) in [5.41, 5.74) is 1.05. The molecule has 1 aliphatic heterocycles. The van der Waals surface area contributed by atoms with Crippen molar-refractivity contribution in [3.05, 3.63) is 39.6 Å². The average molecular weight is 275 g/mol. The van der Waals surface area contributed by atoms with Gasteiger partial charge >= 0.3 is 0 Å². The maximum Gasteiger partial charge on any atom is 0.261 e. The number of hydrogen-bond donors (Lipinski definition) is 1. The smallest absolute Gasteiger partial charge is 0.261 e. The third-order valence-electron chi connectivity index (χ3n) is 3.41. The molecule has 0 bridgehead atoms. The number of thiophene rings is 1. The predicted octanol–water partition coefficient (Wildman–Crippen LogP) is 2.31. The molecule has 1 N–H and O–H groups in total. The lowest BCUT2D eigenvalue weighted by molar-refractivity contribution is 0.0931. The molecule has 0 fully saturated rings. The van der Waals surface area contributed by atoms with E-state index in [1.54, 1.807) is 11.3 Å². The number of rotatable bonds is 2. The molecule has 0 aliphatic carbocycles. The molecule has 0 spiro atoms. The van der Waals surface area contributed by atoms with E-state index in [4.69, 9.17) is 0 Å². The Morgan fingerprint density at radius 2 is 2.32 bits per heavy atom. The molecule has 3 rings (SSSR count). The number of carbonyl (C=O) groups excluding carboxylic acids is 1.